The van der Waals surface area contributed by atoms with Gasteiger partial charge in [0.15, 0.2) is 0 Å². The second-order valence-corrected chi connectivity index (χ2v) is 5.52. The Bertz CT molecular complexity index is 850. The predicted molar refractivity (Wildman–Crippen MR) is 94.0 cm³/mol. The number of nitrogens with two attached hydrogens (primary N) is 1. The molecule has 0 radical (unpaired) electrons. The Balaban J connectivity index is 1.65. The van der Waals surface area contributed by atoms with Gasteiger partial charge < -0.3 is 10.8 Å². The highest BCUT2D eigenvalue weighted by molar-refractivity contribution is 5.90. The standard InChI is InChI=1S/C19H19N3O2/c20-18(13-6-2-1-3-7-13)19(24)22-21-12-14-10-11-17(23)16-9-5-4-8-15(14)16/h1-11,18,21,23H,12,20H2,(H,22,24)/t18-/m1/s1. The summed E-state index contributed by atoms with van der Waals surface area (Å²) in [7, 11) is 0. The minimum absolute atomic E-state index is 0.240. The molecule has 122 valence electrons. The summed E-state index contributed by atoms with van der Waals surface area (Å²) in [6.45, 7) is 0.425. The molecule has 0 bridgehead atoms. The van der Waals surface area contributed by atoms with Gasteiger partial charge >= 0.3 is 0 Å². The Labute approximate surface area is 140 Å². The van der Waals surface area contributed by atoms with Crippen LogP contribution in [0, 0.1) is 0 Å². The highest BCUT2D eigenvalue weighted by atomic mass is 16.3. The van der Waals surface area contributed by atoms with E-state index in [1.807, 2.05) is 60.7 Å². The van der Waals surface area contributed by atoms with Gasteiger partial charge in [0.25, 0.3) is 5.91 Å². The number of carbonyl (C=O) groups is 1. The molecule has 24 heavy (non-hydrogen) atoms. The monoisotopic (exact) mass is 321 g/mol. The zero-order valence-corrected chi connectivity index (χ0v) is 13.1. The molecule has 0 saturated carbocycles. The van der Waals surface area contributed by atoms with Crippen molar-refractivity contribution in [2.24, 2.45) is 5.73 Å². The topological polar surface area (TPSA) is 87.4 Å². The van der Waals surface area contributed by atoms with E-state index in [0.29, 0.717) is 6.54 Å². The second kappa shape index (κ2) is 7.12. The van der Waals surface area contributed by atoms with Gasteiger partial charge in [-0.3, -0.25) is 10.2 Å². The molecule has 3 rings (SSSR count). The predicted octanol–water partition coefficient (Wildman–Crippen LogP) is 2.37. The number of aromatic hydroxyl groups is 1. The maximum absolute atomic E-state index is 12.1. The summed E-state index contributed by atoms with van der Waals surface area (Å²) in [6.07, 6.45) is 0. The van der Waals surface area contributed by atoms with Gasteiger partial charge in [-0.1, -0.05) is 60.7 Å². The summed E-state index contributed by atoms with van der Waals surface area (Å²) in [5, 5.41) is 11.6. The van der Waals surface area contributed by atoms with Crippen LogP contribution in [0.5, 0.6) is 5.75 Å². The van der Waals surface area contributed by atoms with Crippen LogP contribution in [-0.4, -0.2) is 11.0 Å². The number of rotatable bonds is 5. The van der Waals surface area contributed by atoms with Crippen molar-refractivity contribution in [3.05, 3.63) is 77.9 Å². The molecule has 0 aliphatic carbocycles. The summed E-state index contributed by atoms with van der Waals surface area (Å²) in [5.41, 5.74) is 13.2. The van der Waals surface area contributed by atoms with Crippen molar-refractivity contribution in [1.82, 2.24) is 10.9 Å². The average molecular weight is 321 g/mol. The van der Waals surface area contributed by atoms with Gasteiger partial charge in [0.1, 0.15) is 11.8 Å². The normalized spacial score (nSPS) is 12.0. The Kier molecular flexibility index (Phi) is 4.74. The van der Waals surface area contributed by atoms with Crippen molar-refractivity contribution in [2.75, 3.05) is 0 Å². The quantitative estimate of drug-likeness (QED) is 0.543. The van der Waals surface area contributed by atoms with E-state index in [-0.39, 0.29) is 11.7 Å². The Morgan fingerprint density at radius 2 is 1.62 bits per heavy atom. The van der Waals surface area contributed by atoms with Gasteiger partial charge in [0.05, 0.1) is 0 Å². The molecule has 0 spiro atoms. The van der Waals surface area contributed by atoms with Crippen LogP contribution in [0.3, 0.4) is 0 Å². The first-order chi connectivity index (χ1) is 11.7. The number of benzene rings is 3. The minimum atomic E-state index is -0.727. The van der Waals surface area contributed by atoms with Gasteiger partial charge in [-0.05, 0) is 22.6 Å². The number of hydrazine groups is 1. The number of carbonyl (C=O) groups excluding carboxylic acids is 1. The molecule has 3 aromatic carbocycles. The van der Waals surface area contributed by atoms with E-state index < -0.39 is 6.04 Å². The second-order valence-electron chi connectivity index (χ2n) is 5.52. The Morgan fingerprint density at radius 1 is 0.958 bits per heavy atom. The van der Waals surface area contributed by atoms with Crippen molar-refractivity contribution in [3.63, 3.8) is 0 Å². The van der Waals surface area contributed by atoms with Crippen LogP contribution in [0.4, 0.5) is 0 Å². The van der Waals surface area contributed by atoms with Gasteiger partial charge in [-0.2, -0.15) is 0 Å². The fourth-order valence-corrected chi connectivity index (χ4v) is 2.62. The third-order valence-electron chi connectivity index (χ3n) is 3.92. The molecule has 5 heteroatoms. The molecule has 0 fully saturated rings. The Hall–Kier alpha value is -2.89. The van der Waals surface area contributed by atoms with E-state index in [1.165, 1.54) is 0 Å². The van der Waals surface area contributed by atoms with Crippen LogP contribution < -0.4 is 16.6 Å². The van der Waals surface area contributed by atoms with E-state index in [9.17, 15) is 9.90 Å². The lowest BCUT2D eigenvalue weighted by molar-refractivity contribution is -0.123. The smallest absolute Gasteiger partial charge is 0.255 e. The summed E-state index contributed by atoms with van der Waals surface area (Å²) in [4.78, 5) is 12.1. The lowest BCUT2D eigenvalue weighted by atomic mass is 10.0. The molecule has 0 heterocycles. The number of nitrogens with one attached hydrogen (secondary N) is 2. The average Bonchev–Trinajstić information content (AvgIpc) is 2.64. The molecule has 0 aliphatic rings. The first-order valence-corrected chi connectivity index (χ1v) is 7.69. The summed E-state index contributed by atoms with van der Waals surface area (Å²) < 4.78 is 0. The minimum Gasteiger partial charge on any atom is -0.507 e. The summed E-state index contributed by atoms with van der Waals surface area (Å²) in [6, 6.07) is 19.5. The van der Waals surface area contributed by atoms with E-state index in [0.717, 1.165) is 21.9 Å². The van der Waals surface area contributed by atoms with Gasteiger partial charge in [-0.15, -0.1) is 0 Å². The van der Waals surface area contributed by atoms with Crippen LogP contribution in [0.15, 0.2) is 66.7 Å². The van der Waals surface area contributed by atoms with Crippen LogP contribution in [-0.2, 0) is 11.3 Å². The molecular formula is C19H19N3O2. The molecule has 5 N–H and O–H groups in total. The Morgan fingerprint density at radius 3 is 2.38 bits per heavy atom. The van der Waals surface area contributed by atoms with E-state index in [1.54, 1.807) is 6.07 Å². The molecule has 0 saturated heterocycles. The number of hydrogen-bond acceptors (Lipinski definition) is 4. The SMILES string of the molecule is N[C@@H](C(=O)NNCc1ccc(O)c2ccccc12)c1ccccc1. The molecule has 3 aromatic rings. The van der Waals surface area contributed by atoms with Crippen molar-refractivity contribution in [3.8, 4) is 5.75 Å². The van der Waals surface area contributed by atoms with E-state index >= 15 is 0 Å². The molecular weight excluding hydrogens is 302 g/mol. The molecule has 0 unspecified atom stereocenters. The van der Waals surface area contributed by atoms with Crippen molar-refractivity contribution >= 4 is 16.7 Å². The summed E-state index contributed by atoms with van der Waals surface area (Å²) >= 11 is 0. The largest absolute Gasteiger partial charge is 0.507 e. The van der Waals surface area contributed by atoms with Gasteiger partial charge in [0, 0.05) is 11.9 Å². The maximum Gasteiger partial charge on any atom is 0.255 e. The number of hydrogen-bond donors (Lipinski definition) is 4. The van der Waals surface area contributed by atoms with E-state index in [2.05, 4.69) is 10.9 Å². The van der Waals surface area contributed by atoms with Gasteiger partial charge in [0.2, 0.25) is 0 Å². The molecule has 0 aliphatic heterocycles. The first-order valence-electron chi connectivity index (χ1n) is 7.69. The number of phenols is 1. The lowest BCUT2D eigenvalue weighted by Gasteiger charge is -2.14. The van der Waals surface area contributed by atoms with Crippen LogP contribution in [0.25, 0.3) is 10.8 Å². The fourth-order valence-electron chi connectivity index (χ4n) is 2.62. The van der Waals surface area contributed by atoms with E-state index in [4.69, 9.17) is 5.73 Å². The number of fused-ring (bicyclic) bond motifs is 1. The number of amides is 1. The first kappa shape index (κ1) is 16.0. The maximum atomic E-state index is 12.1. The van der Waals surface area contributed by atoms with Gasteiger partial charge in [-0.25, -0.2) is 5.43 Å². The number of phenolic OH excluding ortho intramolecular Hbond substituents is 1. The molecule has 0 aromatic heterocycles. The zero-order chi connectivity index (χ0) is 16.9. The zero-order valence-electron chi connectivity index (χ0n) is 13.1. The molecule has 1 amide bonds. The highest BCUT2D eigenvalue weighted by Crippen LogP contribution is 2.27. The van der Waals surface area contributed by atoms with Crippen molar-refractivity contribution in [1.29, 1.82) is 0 Å². The molecule has 1 atom stereocenters. The fraction of sp³-hybridized carbons (Fsp3) is 0.105. The highest BCUT2D eigenvalue weighted by Gasteiger charge is 2.14. The summed E-state index contributed by atoms with van der Waals surface area (Å²) in [5.74, 6) is -0.0613. The van der Waals surface area contributed by atoms with Crippen molar-refractivity contribution < 1.29 is 9.90 Å². The van der Waals surface area contributed by atoms with Crippen LogP contribution >= 0.6 is 0 Å². The third kappa shape index (κ3) is 3.37. The van der Waals surface area contributed by atoms with Crippen LogP contribution in [0.1, 0.15) is 17.2 Å². The molecule has 5 nitrogen and oxygen atoms in total. The van der Waals surface area contributed by atoms with Crippen molar-refractivity contribution in [2.45, 2.75) is 12.6 Å². The third-order valence-corrected chi connectivity index (χ3v) is 3.92. The van der Waals surface area contributed by atoms with Crippen LogP contribution in [0.2, 0.25) is 0 Å². The lowest BCUT2D eigenvalue weighted by Crippen LogP contribution is -2.42.